The zero-order valence-corrected chi connectivity index (χ0v) is 13.7. The van der Waals surface area contributed by atoms with Gasteiger partial charge in [-0.15, -0.1) is 11.3 Å². The van der Waals surface area contributed by atoms with Crippen molar-refractivity contribution >= 4 is 45.2 Å². The molecule has 2 aromatic rings. The molecule has 0 saturated carbocycles. The number of halogens is 1. The number of rotatable bonds is 3. The van der Waals surface area contributed by atoms with Crippen LogP contribution in [0.2, 0.25) is 5.02 Å². The second-order valence-electron chi connectivity index (χ2n) is 5.28. The van der Waals surface area contributed by atoms with Crippen molar-refractivity contribution < 1.29 is 14.7 Å². The molecule has 1 saturated heterocycles. The summed E-state index contributed by atoms with van der Waals surface area (Å²) in [5.41, 5.74) is 3.52. The highest BCUT2D eigenvalue weighted by atomic mass is 35.5. The number of piperidine rings is 1. The van der Waals surface area contributed by atoms with Crippen LogP contribution < -0.4 is 10.7 Å². The lowest BCUT2D eigenvalue weighted by Crippen LogP contribution is -2.50. The number of nitrogens with one attached hydrogen (secondary N) is 2. The molecule has 1 fully saturated rings. The third kappa shape index (κ3) is 3.90. The van der Waals surface area contributed by atoms with Gasteiger partial charge in [-0.25, -0.2) is 14.8 Å². The van der Waals surface area contributed by atoms with E-state index in [1.807, 2.05) is 6.07 Å². The van der Waals surface area contributed by atoms with Crippen molar-refractivity contribution in [1.82, 2.24) is 20.7 Å². The minimum atomic E-state index is -1.01. The summed E-state index contributed by atoms with van der Waals surface area (Å²) in [5.74, 6) is -0.257. The van der Waals surface area contributed by atoms with E-state index in [0.717, 1.165) is 4.70 Å². The third-order valence-corrected chi connectivity index (χ3v) is 4.90. The quantitative estimate of drug-likeness (QED) is 0.786. The summed E-state index contributed by atoms with van der Waals surface area (Å²) in [7, 11) is 0. The van der Waals surface area contributed by atoms with E-state index in [1.54, 1.807) is 17.1 Å². The molecule has 7 nitrogen and oxygen atoms in total. The molecule has 0 bridgehead atoms. The number of fused-ring (bicyclic) bond motifs is 1. The Morgan fingerprint density at radius 3 is 2.78 bits per heavy atom. The van der Waals surface area contributed by atoms with E-state index >= 15 is 0 Å². The number of nitrogens with zero attached hydrogens (tertiary/aromatic N) is 2. The van der Waals surface area contributed by atoms with E-state index in [9.17, 15) is 9.59 Å². The first-order valence-corrected chi connectivity index (χ1v) is 8.32. The molecule has 0 unspecified atom stereocenters. The van der Waals surface area contributed by atoms with Gasteiger partial charge in [0.2, 0.25) is 0 Å². The van der Waals surface area contributed by atoms with Crippen LogP contribution >= 0.6 is 22.9 Å². The number of hydrogen-bond acceptors (Lipinski definition) is 5. The molecule has 9 heteroatoms. The van der Waals surface area contributed by atoms with Crippen molar-refractivity contribution in [1.29, 1.82) is 0 Å². The van der Waals surface area contributed by atoms with E-state index in [4.69, 9.17) is 16.7 Å². The van der Waals surface area contributed by atoms with Crippen LogP contribution in [0.3, 0.4) is 0 Å². The van der Waals surface area contributed by atoms with Gasteiger partial charge in [0.25, 0.3) is 5.91 Å². The maximum atomic E-state index is 12.3. The SMILES string of the molecule is O=C(O)NC1CCN(NC(=O)c2nc3cc(Cl)ccc3s2)CC1. The Bertz CT molecular complexity index is 743. The maximum Gasteiger partial charge on any atom is 0.404 e. The first-order valence-electron chi connectivity index (χ1n) is 7.13. The van der Waals surface area contributed by atoms with Crippen molar-refractivity contribution in [3.63, 3.8) is 0 Å². The lowest BCUT2D eigenvalue weighted by molar-refractivity contribution is 0.0720. The van der Waals surface area contributed by atoms with Gasteiger partial charge in [0.15, 0.2) is 5.01 Å². The fourth-order valence-electron chi connectivity index (χ4n) is 2.50. The summed E-state index contributed by atoms with van der Waals surface area (Å²) in [4.78, 5) is 27.2. The van der Waals surface area contributed by atoms with Crippen LogP contribution in [0, 0.1) is 0 Å². The monoisotopic (exact) mass is 354 g/mol. The summed E-state index contributed by atoms with van der Waals surface area (Å²) < 4.78 is 0.906. The van der Waals surface area contributed by atoms with Crippen LogP contribution in [-0.2, 0) is 0 Å². The van der Waals surface area contributed by atoms with Crippen molar-refractivity contribution in [2.24, 2.45) is 0 Å². The van der Waals surface area contributed by atoms with E-state index in [-0.39, 0.29) is 11.9 Å². The second-order valence-corrected chi connectivity index (χ2v) is 6.75. The number of amides is 2. The molecule has 0 aliphatic carbocycles. The van der Waals surface area contributed by atoms with Gasteiger partial charge in [0, 0.05) is 24.2 Å². The van der Waals surface area contributed by atoms with Crippen molar-refractivity contribution in [3.05, 3.63) is 28.2 Å². The molecule has 3 N–H and O–H groups in total. The predicted octanol–water partition coefficient (Wildman–Crippen LogP) is 2.33. The van der Waals surface area contributed by atoms with Gasteiger partial charge in [-0.05, 0) is 31.0 Å². The Morgan fingerprint density at radius 1 is 1.35 bits per heavy atom. The standard InChI is InChI=1S/C14H15ClN4O3S/c15-8-1-2-11-10(7-8)17-13(23-11)12(20)18-19-5-3-9(4-6-19)16-14(21)22/h1-2,7,9,16H,3-6H2,(H,18,20)(H,21,22). The third-order valence-electron chi connectivity index (χ3n) is 3.63. The molecule has 1 aromatic carbocycles. The Labute approximate surface area is 141 Å². The Hall–Kier alpha value is -1.90. The summed E-state index contributed by atoms with van der Waals surface area (Å²) in [6.45, 7) is 1.18. The Balaban J connectivity index is 1.59. The molecule has 1 aliphatic rings. The molecule has 1 aliphatic heterocycles. The van der Waals surface area contributed by atoms with Gasteiger partial charge in [-0.3, -0.25) is 10.2 Å². The summed E-state index contributed by atoms with van der Waals surface area (Å²) >= 11 is 7.23. The largest absolute Gasteiger partial charge is 0.465 e. The molecule has 0 atom stereocenters. The zero-order valence-electron chi connectivity index (χ0n) is 12.1. The number of thiazole rings is 1. The fourth-order valence-corrected chi connectivity index (χ4v) is 3.50. The van der Waals surface area contributed by atoms with Crippen molar-refractivity contribution in [2.75, 3.05) is 13.1 Å². The van der Waals surface area contributed by atoms with Crippen molar-refractivity contribution in [2.45, 2.75) is 18.9 Å². The lowest BCUT2D eigenvalue weighted by Gasteiger charge is -2.31. The molecule has 2 amide bonds. The van der Waals surface area contributed by atoms with Crippen LogP contribution in [0.1, 0.15) is 22.6 Å². The van der Waals surface area contributed by atoms with E-state index < -0.39 is 6.09 Å². The normalized spacial score (nSPS) is 16.4. The number of benzene rings is 1. The molecule has 122 valence electrons. The number of hydrogen-bond donors (Lipinski definition) is 3. The highest BCUT2D eigenvalue weighted by molar-refractivity contribution is 7.20. The van der Waals surface area contributed by atoms with Gasteiger partial charge in [0.1, 0.15) is 0 Å². The lowest BCUT2D eigenvalue weighted by atomic mass is 10.1. The van der Waals surface area contributed by atoms with Gasteiger partial charge in [-0.1, -0.05) is 11.6 Å². The second kappa shape index (κ2) is 6.69. The van der Waals surface area contributed by atoms with Crippen molar-refractivity contribution in [3.8, 4) is 0 Å². The van der Waals surface area contributed by atoms with Crippen LogP contribution in [0.5, 0.6) is 0 Å². The first kappa shape index (κ1) is 16.0. The van der Waals surface area contributed by atoms with E-state index in [1.165, 1.54) is 11.3 Å². The number of hydrazine groups is 1. The molecular formula is C14H15ClN4O3S. The predicted molar refractivity (Wildman–Crippen MR) is 87.9 cm³/mol. The van der Waals surface area contributed by atoms with E-state index in [2.05, 4.69) is 15.7 Å². The van der Waals surface area contributed by atoms with Gasteiger partial charge in [0.05, 0.1) is 10.2 Å². The zero-order chi connectivity index (χ0) is 16.4. The minimum Gasteiger partial charge on any atom is -0.465 e. The van der Waals surface area contributed by atoms with Crippen LogP contribution in [0.15, 0.2) is 18.2 Å². The molecule has 23 heavy (non-hydrogen) atoms. The number of aromatic nitrogens is 1. The van der Waals surface area contributed by atoms with Crippen LogP contribution in [-0.4, -0.2) is 46.2 Å². The molecule has 1 aromatic heterocycles. The maximum absolute atomic E-state index is 12.3. The molecule has 0 spiro atoms. The Kier molecular flexibility index (Phi) is 4.65. The van der Waals surface area contributed by atoms with E-state index in [0.29, 0.717) is 41.5 Å². The van der Waals surface area contributed by atoms with Crippen LogP contribution in [0.25, 0.3) is 10.2 Å². The minimum absolute atomic E-state index is 0.0646. The Morgan fingerprint density at radius 2 is 2.09 bits per heavy atom. The van der Waals surface area contributed by atoms with Gasteiger partial charge >= 0.3 is 6.09 Å². The first-order chi connectivity index (χ1) is 11.0. The average molecular weight is 355 g/mol. The number of carbonyl (C=O) groups excluding carboxylic acids is 1. The average Bonchev–Trinajstić information content (AvgIpc) is 2.92. The molecule has 3 rings (SSSR count). The molecular weight excluding hydrogens is 340 g/mol. The molecule has 0 radical (unpaired) electrons. The topological polar surface area (TPSA) is 94.6 Å². The number of carbonyl (C=O) groups is 2. The highest BCUT2D eigenvalue weighted by Crippen LogP contribution is 2.25. The van der Waals surface area contributed by atoms with Crippen LogP contribution in [0.4, 0.5) is 4.79 Å². The molecule has 2 heterocycles. The summed E-state index contributed by atoms with van der Waals surface area (Å²) in [5, 5.41) is 13.9. The highest BCUT2D eigenvalue weighted by Gasteiger charge is 2.23. The fraction of sp³-hybridized carbons (Fsp3) is 0.357. The number of carboxylic acid groups (broad SMARTS) is 1. The summed E-state index contributed by atoms with van der Waals surface area (Å²) in [6, 6.07) is 5.28. The van der Waals surface area contributed by atoms with Gasteiger partial charge < -0.3 is 10.4 Å². The summed E-state index contributed by atoms with van der Waals surface area (Å²) in [6.07, 6.45) is 0.296. The smallest absolute Gasteiger partial charge is 0.404 e. The van der Waals surface area contributed by atoms with Gasteiger partial charge in [-0.2, -0.15) is 0 Å².